The maximum Gasteiger partial charge on any atom is 0.103 e. The maximum atomic E-state index is 8.95. The maximum absolute atomic E-state index is 8.95. The van der Waals surface area contributed by atoms with Gasteiger partial charge in [-0.3, -0.25) is 0 Å². The van der Waals surface area contributed by atoms with Crippen LogP contribution in [0.2, 0.25) is 5.02 Å². The van der Waals surface area contributed by atoms with Crippen LogP contribution in [0, 0.1) is 0 Å². The molecule has 0 bridgehead atoms. The Bertz CT molecular complexity index is 353. The number of hydrogen-bond donors (Lipinski definition) is 2. The normalized spacial score (nSPS) is 25.0. The van der Waals surface area contributed by atoms with Crippen LogP contribution in [0.5, 0.6) is 0 Å². The number of benzene rings is 1. The average Bonchev–Trinajstić information content (AvgIpc) is 2.20. The number of rotatable bonds is 2. The Hall–Kier alpha value is -0.570. The molecule has 1 heterocycles. The van der Waals surface area contributed by atoms with E-state index >= 15 is 0 Å². The van der Waals surface area contributed by atoms with Crippen LogP contribution in [0.25, 0.3) is 0 Å². The highest BCUT2D eigenvalue weighted by Gasteiger charge is 2.24. The Labute approximate surface area is 95.5 Å². The Morgan fingerprint density at radius 3 is 3.07 bits per heavy atom. The molecule has 1 aliphatic rings. The molecule has 2 atom stereocenters. The minimum Gasteiger partial charge on any atom is -0.391 e. The number of hydrogen-bond acceptors (Lipinski definition) is 1. The summed E-state index contributed by atoms with van der Waals surface area (Å²) >= 11 is 5.99. The number of halogens is 1. The first-order valence-electron chi connectivity index (χ1n) is 5.43. The number of fused-ring (bicyclic) bond motifs is 1. The topological polar surface area (TPSA) is 24.7 Å². The van der Waals surface area contributed by atoms with Crippen LogP contribution < -0.4 is 4.90 Å². The predicted molar refractivity (Wildman–Crippen MR) is 61.4 cm³/mol. The molecule has 1 aromatic carbocycles. The van der Waals surface area contributed by atoms with Crippen molar-refractivity contribution in [3.05, 3.63) is 34.3 Å². The second-order valence-electron chi connectivity index (χ2n) is 4.35. The van der Waals surface area contributed by atoms with Crippen LogP contribution in [0.3, 0.4) is 0 Å². The van der Waals surface area contributed by atoms with Gasteiger partial charge in [-0.1, -0.05) is 24.6 Å². The molecular formula is C12H17ClNO+. The van der Waals surface area contributed by atoms with Gasteiger partial charge in [-0.05, 0) is 17.7 Å². The molecule has 15 heavy (non-hydrogen) atoms. The van der Waals surface area contributed by atoms with Gasteiger partial charge in [-0.25, -0.2) is 0 Å². The molecule has 1 aromatic rings. The second kappa shape index (κ2) is 4.52. The highest BCUT2D eigenvalue weighted by molar-refractivity contribution is 6.30. The third-order valence-electron chi connectivity index (χ3n) is 3.14. The highest BCUT2D eigenvalue weighted by Crippen LogP contribution is 2.24. The zero-order valence-electron chi connectivity index (χ0n) is 8.96. The van der Waals surface area contributed by atoms with Crippen molar-refractivity contribution in [2.75, 3.05) is 19.7 Å². The molecule has 2 unspecified atom stereocenters. The summed E-state index contributed by atoms with van der Waals surface area (Å²) in [6.45, 7) is 5.44. The van der Waals surface area contributed by atoms with Gasteiger partial charge >= 0.3 is 0 Å². The van der Waals surface area contributed by atoms with Crippen molar-refractivity contribution in [3.8, 4) is 0 Å². The van der Waals surface area contributed by atoms with Crippen molar-refractivity contribution in [2.24, 2.45) is 0 Å². The van der Waals surface area contributed by atoms with E-state index in [2.05, 4.69) is 19.1 Å². The van der Waals surface area contributed by atoms with E-state index in [1.54, 1.807) is 0 Å². The number of nitrogens with one attached hydrogen (secondary N) is 1. The summed E-state index contributed by atoms with van der Waals surface area (Å²) < 4.78 is 0. The van der Waals surface area contributed by atoms with E-state index in [9.17, 15) is 0 Å². The van der Waals surface area contributed by atoms with Crippen LogP contribution in [0.15, 0.2) is 18.2 Å². The molecule has 0 fully saturated rings. The lowest BCUT2D eigenvalue weighted by atomic mass is 9.91. The number of aliphatic hydroxyl groups excluding tert-OH is 1. The van der Waals surface area contributed by atoms with Gasteiger partial charge < -0.3 is 10.0 Å². The van der Waals surface area contributed by atoms with E-state index < -0.39 is 0 Å². The second-order valence-corrected chi connectivity index (χ2v) is 4.79. The van der Waals surface area contributed by atoms with Crippen LogP contribution in [-0.2, 0) is 6.54 Å². The van der Waals surface area contributed by atoms with Crippen molar-refractivity contribution >= 4 is 11.6 Å². The van der Waals surface area contributed by atoms with Crippen molar-refractivity contribution in [1.29, 1.82) is 0 Å². The van der Waals surface area contributed by atoms with Crippen LogP contribution in [0.1, 0.15) is 24.0 Å². The molecule has 0 spiro atoms. The first-order valence-corrected chi connectivity index (χ1v) is 5.81. The monoisotopic (exact) mass is 226 g/mol. The lowest BCUT2D eigenvalue weighted by Gasteiger charge is -2.29. The van der Waals surface area contributed by atoms with Crippen LogP contribution >= 0.6 is 11.6 Å². The fourth-order valence-corrected chi connectivity index (χ4v) is 2.60. The van der Waals surface area contributed by atoms with Gasteiger partial charge in [0.2, 0.25) is 0 Å². The zero-order valence-corrected chi connectivity index (χ0v) is 9.72. The molecular weight excluding hydrogens is 210 g/mol. The van der Waals surface area contributed by atoms with Gasteiger partial charge in [-0.15, -0.1) is 0 Å². The molecule has 1 aliphatic heterocycles. The SMILES string of the molecule is CC1C[NH+](CCO)Cc2ccc(Cl)cc21. The van der Waals surface area contributed by atoms with Gasteiger partial charge in [-0.2, -0.15) is 0 Å². The van der Waals surface area contributed by atoms with E-state index in [4.69, 9.17) is 16.7 Å². The predicted octanol–water partition coefficient (Wildman–Crippen LogP) is 0.834. The molecule has 0 aromatic heterocycles. The Kier molecular flexibility index (Phi) is 3.29. The Morgan fingerprint density at radius 1 is 1.53 bits per heavy atom. The van der Waals surface area contributed by atoms with Gasteiger partial charge in [0.1, 0.15) is 13.1 Å². The van der Waals surface area contributed by atoms with Crippen molar-refractivity contribution in [1.82, 2.24) is 0 Å². The number of quaternary nitrogens is 1. The van der Waals surface area contributed by atoms with Gasteiger partial charge in [0.25, 0.3) is 0 Å². The quantitative estimate of drug-likeness (QED) is 0.768. The van der Waals surface area contributed by atoms with Crippen LogP contribution in [-0.4, -0.2) is 24.8 Å². The van der Waals surface area contributed by atoms with Crippen molar-refractivity contribution < 1.29 is 10.0 Å². The van der Waals surface area contributed by atoms with Gasteiger partial charge in [0, 0.05) is 16.5 Å². The first-order chi connectivity index (χ1) is 7.20. The van der Waals surface area contributed by atoms with E-state index in [1.807, 2.05) is 6.07 Å². The average molecular weight is 227 g/mol. The van der Waals surface area contributed by atoms with Crippen molar-refractivity contribution in [3.63, 3.8) is 0 Å². The lowest BCUT2D eigenvalue weighted by molar-refractivity contribution is -0.917. The van der Waals surface area contributed by atoms with Gasteiger partial charge in [0.05, 0.1) is 13.2 Å². The number of aliphatic hydroxyl groups is 1. The molecule has 82 valence electrons. The molecule has 0 amide bonds. The Balaban J connectivity index is 2.24. The first kappa shape index (κ1) is 10.9. The van der Waals surface area contributed by atoms with Crippen molar-refractivity contribution in [2.45, 2.75) is 19.4 Å². The zero-order chi connectivity index (χ0) is 10.8. The van der Waals surface area contributed by atoms with E-state index in [0.717, 1.165) is 24.7 Å². The molecule has 0 saturated heterocycles. The summed E-state index contributed by atoms with van der Waals surface area (Å²) in [5, 5.41) is 9.78. The summed E-state index contributed by atoms with van der Waals surface area (Å²) in [7, 11) is 0. The van der Waals surface area contributed by atoms with Gasteiger partial charge in [0.15, 0.2) is 0 Å². The van der Waals surface area contributed by atoms with E-state index in [1.165, 1.54) is 16.0 Å². The minimum absolute atomic E-state index is 0.269. The summed E-state index contributed by atoms with van der Waals surface area (Å²) in [4.78, 5) is 1.46. The molecule has 0 radical (unpaired) electrons. The molecule has 2 rings (SSSR count). The largest absolute Gasteiger partial charge is 0.391 e. The molecule has 0 saturated carbocycles. The molecule has 2 nitrogen and oxygen atoms in total. The fraction of sp³-hybridized carbons (Fsp3) is 0.500. The minimum atomic E-state index is 0.269. The highest BCUT2D eigenvalue weighted by atomic mass is 35.5. The third-order valence-corrected chi connectivity index (χ3v) is 3.37. The summed E-state index contributed by atoms with van der Waals surface area (Å²) in [5.41, 5.74) is 2.76. The standard InChI is InChI=1S/C12H16ClNO/c1-9-7-14(4-5-15)8-10-2-3-11(13)6-12(9)10/h2-3,6,9,15H,4-5,7-8H2,1H3/p+1. The molecule has 3 heteroatoms. The fourth-order valence-electron chi connectivity index (χ4n) is 2.42. The van der Waals surface area contributed by atoms with E-state index in [0.29, 0.717) is 5.92 Å². The summed E-state index contributed by atoms with van der Waals surface area (Å²) in [6, 6.07) is 6.15. The molecule has 2 N–H and O–H groups in total. The smallest absolute Gasteiger partial charge is 0.103 e. The Morgan fingerprint density at radius 2 is 2.33 bits per heavy atom. The van der Waals surface area contributed by atoms with E-state index in [-0.39, 0.29) is 6.61 Å². The summed E-state index contributed by atoms with van der Waals surface area (Å²) in [6.07, 6.45) is 0. The van der Waals surface area contributed by atoms with Crippen LogP contribution in [0.4, 0.5) is 0 Å². The molecule has 0 aliphatic carbocycles. The summed E-state index contributed by atoms with van der Waals surface area (Å²) in [5.74, 6) is 0.536. The lowest BCUT2D eigenvalue weighted by Crippen LogP contribution is -3.12. The third kappa shape index (κ3) is 2.33.